The Morgan fingerprint density at radius 1 is 1.27 bits per heavy atom. The summed E-state index contributed by atoms with van der Waals surface area (Å²) in [6, 6.07) is 4.84. The number of nitrogens with zero attached hydrogens (tertiary/aromatic N) is 1. The summed E-state index contributed by atoms with van der Waals surface area (Å²) in [6.45, 7) is 0.0317. The van der Waals surface area contributed by atoms with E-state index >= 15 is 0 Å². The van der Waals surface area contributed by atoms with Gasteiger partial charge in [0.15, 0.2) is 0 Å². The van der Waals surface area contributed by atoms with Crippen LogP contribution < -0.4 is 0 Å². The summed E-state index contributed by atoms with van der Waals surface area (Å²) in [5, 5.41) is 11.3. The molecule has 0 spiro atoms. The van der Waals surface area contributed by atoms with E-state index in [1.807, 2.05) is 0 Å². The normalized spacial score (nSPS) is 12.9. The molecule has 0 aromatic heterocycles. The molecule has 0 N–H and O–H groups in total. The van der Waals surface area contributed by atoms with E-state index in [9.17, 15) is 18.4 Å². The molecule has 0 heterocycles. The largest absolute Gasteiger partial charge is 0.633 e. The third kappa shape index (κ3) is 3.89. The molecule has 84 valence electrons. The molecule has 5 heteroatoms. The molecule has 0 amide bonds. The molecule has 1 aromatic carbocycles. The Morgan fingerprint density at radius 3 is 2.33 bits per heavy atom. The number of quaternary nitrogens is 1. The third-order valence-corrected chi connectivity index (χ3v) is 1.82. The molecule has 1 aromatic rings. The Balaban J connectivity index is 2.94. The van der Waals surface area contributed by atoms with Crippen molar-refractivity contribution < 1.29 is 17.8 Å². The Labute approximate surface area is 86.1 Å². The average molecular weight is 219 g/mol. The number of rotatable bonds is 2. The molecule has 2 nitrogen and oxygen atoms in total. The van der Waals surface area contributed by atoms with Gasteiger partial charge in [0.05, 0.1) is 19.7 Å². The SMILES string of the molecule is C[N+](C)([O-])Cc1cccc(C(F)(F)F)c1. The van der Waals surface area contributed by atoms with E-state index in [-0.39, 0.29) is 6.54 Å². The number of hydrogen-bond acceptors (Lipinski definition) is 1. The first kappa shape index (κ1) is 12.0. The molecule has 0 fully saturated rings. The van der Waals surface area contributed by atoms with Crippen molar-refractivity contribution in [3.05, 3.63) is 40.6 Å². The highest BCUT2D eigenvalue weighted by Crippen LogP contribution is 2.29. The molecular formula is C10H12F3NO. The highest BCUT2D eigenvalue weighted by molar-refractivity contribution is 5.25. The molecule has 15 heavy (non-hydrogen) atoms. The van der Waals surface area contributed by atoms with Crippen molar-refractivity contribution in [1.82, 2.24) is 0 Å². The summed E-state index contributed by atoms with van der Waals surface area (Å²) < 4.78 is 36.3. The summed E-state index contributed by atoms with van der Waals surface area (Å²) in [7, 11) is 2.78. The average Bonchev–Trinajstić information content (AvgIpc) is 1.99. The fourth-order valence-corrected chi connectivity index (χ4v) is 1.29. The van der Waals surface area contributed by atoms with Gasteiger partial charge < -0.3 is 9.85 Å². The third-order valence-electron chi connectivity index (χ3n) is 1.82. The van der Waals surface area contributed by atoms with Crippen molar-refractivity contribution in [2.24, 2.45) is 0 Å². The van der Waals surface area contributed by atoms with Crippen LogP contribution in [-0.4, -0.2) is 18.7 Å². The zero-order chi connectivity index (χ0) is 11.7. The van der Waals surface area contributed by atoms with Crippen LogP contribution in [0.15, 0.2) is 24.3 Å². The zero-order valence-electron chi connectivity index (χ0n) is 8.51. The van der Waals surface area contributed by atoms with Crippen LogP contribution in [0.25, 0.3) is 0 Å². The van der Waals surface area contributed by atoms with Crippen LogP contribution in [-0.2, 0) is 12.7 Å². The van der Waals surface area contributed by atoms with Crippen molar-refractivity contribution in [3.8, 4) is 0 Å². The topological polar surface area (TPSA) is 23.1 Å². The lowest BCUT2D eigenvalue weighted by Gasteiger charge is -2.33. The van der Waals surface area contributed by atoms with E-state index < -0.39 is 16.4 Å². The lowest BCUT2D eigenvalue weighted by molar-refractivity contribution is -0.853. The zero-order valence-corrected chi connectivity index (χ0v) is 8.51. The minimum Gasteiger partial charge on any atom is -0.633 e. The molecule has 0 aliphatic carbocycles. The quantitative estimate of drug-likeness (QED) is 0.554. The maximum absolute atomic E-state index is 12.3. The first-order valence-corrected chi connectivity index (χ1v) is 4.39. The van der Waals surface area contributed by atoms with Gasteiger partial charge >= 0.3 is 6.18 Å². The van der Waals surface area contributed by atoms with Gasteiger partial charge in [-0.3, -0.25) is 0 Å². The number of hydroxylamine groups is 3. The number of halogens is 3. The van der Waals surface area contributed by atoms with Crippen LogP contribution in [0.4, 0.5) is 13.2 Å². The second-order valence-corrected chi connectivity index (χ2v) is 3.93. The molecular weight excluding hydrogens is 207 g/mol. The summed E-state index contributed by atoms with van der Waals surface area (Å²) in [6.07, 6.45) is -4.35. The molecule has 0 saturated carbocycles. The summed E-state index contributed by atoms with van der Waals surface area (Å²) in [5.74, 6) is 0. The first-order valence-electron chi connectivity index (χ1n) is 4.39. The maximum atomic E-state index is 12.3. The van der Waals surface area contributed by atoms with Gasteiger partial charge in [-0.15, -0.1) is 0 Å². The second kappa shape index (κ2) is 3.83. The molecule has 0 radical (unpaired) electrons. The highest BCUT2D eigenvalue weighted by Gasteiger charge is 2.30. The standard InChI is InChI=1S/C10H12F3NO/c1-14(2,15)7-8-4-3-5-9(6-8)10(11,12)13/h3-6H,7H2,1-2H3. The molecule has 0 bridgehead atoms. The summed E-state index contributed by atoms with van der Waals surface area (Å²) in [5.41, 5.74) is -0.321. The van der Waals surface area contributed by atoms with Gasteiger partial charge in [0.2, 0.25) is 0 Å². The predicted octanol–water partition coefficient (Wildman–Crippen LogP) is 2.78. The molecule has 0 unspecified atom stereocenters. The molecule has 1 rings (SSSR count). The van der Waals surface area contributed by atoms with Crippen molar-refractivity contribution in [2.45, 2.75) is 12.7 Å². The van der Waals surface area contributed by atoms with Gasteiger partial charge in [0.25, 0.3) is 0 Å². The maximum Gasteiger partial charge on any atom is 0.416 e. The van der Waals surface area contributed by atoms with E-state index in [0.717, 1.165) is 12.1 Å². The van der Waals surface area contributed by atoms with Crippen LogP contribution in [0.1, 0.15) is 11.1 Å². The van der Waals surface area contributed by atoms with Crippen molar-refractivity contribution in [1.29, 1.82) is 0 Å². The van der Waals surface area contributed by atoms with E-state index in [2.05, 4.69) is 0 Å². The van der Waals surface area contributed by atoms with Gasteiger partial charge in [0.1, 0.15) is 6.54 Å². The number of alkyl halides is 3. The van der Waals surface area contributed by atoms with Gasteiger partial charge in [-0.05, 0) is 12.1 Å². The lowest BCUT2D eigenvalue weighted by Crippen LogP contribution is -2.31. The molecule has 0 atom stereocenters. The Morgan fingerprint density at radius 2 is 1.87 bits per heavy atom. The first-order chi connectivity index (χ1) is 6.68. The minimum absolute atomic E-state index is 0.0317. The number of hydrogen-bond donors (Lipinski definition) is 0. The van der Waals surface area contributed by atoms with Crippen LogP contribution in [0.3, 0.4) is 0 Å². The van der Waals surface area contributed by atoms with Crippen LogP contribution >= 0.6 is 0 Å². The Hall–Kier alpha value is -1.07. The van der Waals surface area contributed by atoms with Crippen LogP contribution in [0.2, 0.25) is 0 Å². The highest BCUT2D eigenvalue weighted by atomic mass is 19.4. The lowest BCUT2D eigenvalue weighted by atomic mass is 10.1. The smallest absolute Gasteiger partial charge is 0.416 e. The van der Waals surface area contributed by atoms with E-state index in [1.54, 1.807) is 0 Å². The fraction of sp³-hybridized carbons (Fsp3) is 0.400. The van der Waals surface area contributed by atoms with Gasteiger partial charge in [-0.25, -0.2) is 0 Å². The fourth-order valence-electron chi connectivity index (χ4n) is 1.29. The molecule has 0 saturated heterocycles. The van der Waals surface area contributed by atoms with Crippen molar-refractivity contribution in [2.75, 3.05) is 14.1 Å². The second-order valence-electron chi connectivity index (χ2n) is 3.93. The van der Waals surface area contributed by atoms with E-state index in [1.165, 1.54) is 26.2 Å². The van der Waals surface area contributed by atoms with Gasteiger partial charge in [-0.2, -0.15) is 13.2 Å². The predicted molar refractivity (Wildman–Crippen MR) is 50.6 cm³/mol. The van der Waals surface area contributed by atoms with Crippen LogP contribution in [0, 0.1) is 5.21 Å². The number of benzene rings is 1. The van der Waals surface area contributed by atoms with E-state index in [4.69, 9.17) is 0 Å². The summed E-state index contributed by atoms with van der Waals surface area (Å²) in [4.78, 5) is 0. The molecule has 0 aliphatic rings. The van der Waals surface area contributed by atoms with Gasteiger partial charge in [-0.1, -0.05) is 12.1 Å². The van der Waals surface area contributed by atoms with Crippen molar-refractivity contribution in [3.63, 3.8) is 0 Å². The van der Waals surface area contributed by atoms with E-state index in [0.29, 0.717) is 5.56 Å². The van der Waals surface area contributed by atoms with Crippen molar-refractivity contribution >= 4 is 0 Å². The minimum atomic E-state index is -4.35. The molecule has 0 aliphatic heterocycles. The Bertz CT molecular complexity index is 341. The van der Waals surface area contributed by atoms with Gasteiger partial charge in [0, 0.05) is 5.56 Å². The Kier molecular flexibility index (Phi) is 3.06. The monoisotopic (exact) mass is 219 g/mol. The van der Waals surface area contributed by atoms with Crippen LogP contribution in [0.5, 0.6) is 0 Å². The summed E-state index contributed by atoms with van der Waals surface area (Å²) >= 11 is 0.